The van der Waals surface area contributed by atoms with Crippen LogP contribution in [0.3, 0.4) is 0 Å². The van der Waals surface area contributed by atoms with Crippen molar-refractivity contribution in [2.24, 2.45) is 0 Å². The van der Waals surface area contributed by atoms with Gasteiger partial charge in [-0.3, -0.25) is 0 Å². The van der Waals surface area contributed by atoms with Crippen LogP contribution in [0.25, 0.3) is 0 Å². The van der Waals surface area contributed by atoms with Crippen LogP contribution in [0.1, 0.15) is 30.4 Å². The van der Waals surface area contributed by atoms with Crippen molar-refractivity contribution in [3.8, 4) is 5.75 Å². The predicted octanol–water partition coefficient (Wildman–Crippen LogP) is 2.65. The van der Waals surface area contributed by atoms with Gasteiger partial charge in [-0.05, 0) is 56.0 Å². The summed E-state index contributed by atoms with van der Waals surface area (Å²) in [6.07, 6.45) is 3.79. The zero-order valence-electron chi connectivity index (χ0n) is 10.7. The first-order valence-electron chi connectivity index (χ1n) is 6.89. The molecule has 0 spiro atoms. The minimum atomic E-state index is -0.958. The normalized spacial score (nSPS) is 21.4. The molecule has 1 aromatic carbocycles. The van der Waals surface area contributed by atoms with Crippen LogP contribution in [0.5, 0.6) is 5.75 Å². The Bertz CT molecular complexity index is 427. The van der Waals surface area contributed by atoms with Gasteiger partial charge in [0.2, 0.25) is 0 Å². The molecule has 0 aromatic heterocycles. The van der Waals surface area contributed by atoms with Crippen molar-refractivity contribution in [3.05, 3.63) is 29.3 Å². The molecule has 2 aliphatic heterocycles. The van der Waals surface area contributed by atoms with Crippen LogP contribution in [0.15, 0.2) is 18.2 Å². The standard InChI is InChI=1S/C15H20FNO/c16-15(6-8-17-9-7-15)5-3-12-1-2-14-13(11-12)4-10-18-14/h1-2,11,17H,3-10H2. The van der Waals surface area contributed by atoms with Gasteiger partial charge in [0.05, 0.1) is 6.61 Å². The first kappa shape index (κ1) is 12.0. The van der Waals surface area contributed by atoms with Crippen molar-refractivity contribution in [3.63, 3.8) is 0 Å². The van der Waals surface area contributed by atoms with Crippen molar-refractivity contribution < 1.29 is 9.13 Å². The van der Waals surface area contributed by atoms with Gasteiger partial charge in [-0.15, -0.1) is 0 Å². The second kappa shape index (κ2) is 4.88. The lowest BCUT2D eigenvalue weighted by Crippen LogP contribution is -2.38. The number of fused-ring (bicyclic) bond motifs is 1. The molecule has 0 atom stereocenters. The smallest absolute Gasteiger partial charge is 0.122 e. The van der Waals surface area contributed by atoms with Gasteiger partial charge in [0.15, 0.2) is 0 Å². The lowest BCUT2D eigenvalue weighted by atomic mass is 9.88. The number of piperidine rings is 1. The number of benzene rings is 1. The number of aryl methyl sites for hydroxylation is 1. The molecular weight excluding hydrogens is 229 g/mol. The van der Waals surface area contributed by atoms with Crippen LogP contribution in [0.4, 0.5) is 4.39 Å². The molecule has 3 heteroatoms. The van der Waals surface area contributed by atoms with Crippen LogP contribution >= 0.6 is 0 Å². The van der Waals surface area contributed by atoms with E-state index < -0.39 is 5.67 Å². The van der Waals surface area contributed by atoms with Crippen LogP contribution in [-0.2, 0) is 12.8 Å². The first-order chi connectivity index (χ1) is 8.75. The molecule has 3 rings (SSSR count). The quantitative estimate of drug-likeness (QED) is 0.889. The third-order valence-electron chi connectivity index (χ3n) is 4.12. The SMILES string of the molecule is FC1(CCc2ccc3c(c2)CCO3)CCNCC1. The van der Waals surface area contributed by atoms with E-state index in [9.17, 15) is 4.39 Å². The highest BCUT2D eigenvalue weighted by molar-refractivity contribution is 5.39. The van der Waals surface area contributed by atoms with Crippen molar-refractivity contribution in [1.82, 2.24) is 5.32 Å². The minimum absolute atomic E-state index is 0.647. The molecule has 0 saturated carbocycles. The largest absolute Gasteiger partial charge is 0.493 e. The summed E-state index contributed by atoms with van der Waals surface area (Å²) >= 11 is 0. The number of nitrogens with one attached hydrogen (secondary N) is 1. The van der Waals surface area contributed by atoms with E-state index in [0.29, 0.717) is 19.3 Å². The summed E-state index contributed by atoms with van der Waals surface area (Å²) in [6.45, 7) is 2.42. The molecule has 1 N–H and O–H groups in total. The summed E-state index contributed by atoms with van der Waals surface area (Å²) in [5, 5.41) is 3.22. The minimum Gasteiger partial charge on any atom is -0.493 e. The van der Waals surface area contributed by atoms with Crippen LogP contribution < -0.4 is 10.1 Å². The molecule has 2 aliphatic rings. The summed E-state index contributed by atoms with van der Waals surface area (Å²) in [5.74, 6) is 1.01. The van der Waals surface area contributed by atoms with Gasteiger partial charge in [-0.25, -0.2) is 4.39 Å². The Morgan fingerprint density at radius 3 is 2.94 bits per heavy atom. The zero-order chi connectivity index (χ0) is 12.4. The Kier molecular flexibility index (Phi) is 3.25. The zero-order valence-corrected chi connectivity index (χ0v) is 10.7. The Morgan fingerprint density at radius 2 is 2.11 bits per heavy atom. The van der Waals surface area contributed by atoms with E-state index in [4.69, 9.17) is 4.74 Å². The second-order valence-corrected chi connectivity index (χ2v) is 5.44. The van der Waals surface area contributed by atoms with E-state index in [1.807, 2.05) is 6.07 Å². The molecule has 0 radical (unpaired) electrons. The molecule has 0 aliphatic carbocycles. The molecule has 1 saturated heterocycles. The fourth-order valence-corrected chi connectivity index (χ4v) is 2.89. The average Bonchev–Trinajstić information content (AvgIpc) is 2.85. The molecule has 98 valence electrons. The summed E-state index contributed by atoms with van der Waals surface area (Å²) < 4.78 is 20.0. The summed E-state index contributed by atoms with van der Waals surface area (Å²) in [5.41, 5.74) is 1.57. The summed E-state index contributed by atoms with van der Waals surface area (Å²) in [7, 11) is 0. The summed E-state index contributed by atoms with van der Waals surface area (Å²) in [4.78, 5) is 0. The van der Waals surface area contributed by atoms with Crippen LogP contribution in [0, 0.1) is 0 Å². The maximum atomic E-state index is 14.5. The number of hydrogen-bond acceptors (Lipinski definition) is 2. The number of alkyl halides is 1. The maximum Gasteiger partial charge on any atom is 0.122 e. The highest BCUT2D eigenvalue weighted by Crippen LogP contribution is 2.31. The molecule has 0 unspecified atom stereocenters. The number of rotatable bonds is 3. The molecule has 2 heterocycles. The molecule has 1 aromatic rings. The average molecular weight is 249 g/mol. The Labute approximate surface area is 108 Å². The lowest BCUT2D eigenvalue weighted by molar-refractivity contribution is 0.105. The van der Waals surface area contributed by atoms with E-state index in [0.717, 1.165) is 38.3 Å². The fourth-order valence-electron chi connectivity index (χ4n) is 2.89. The van der Waals surface area contributed by atoms with Crippen molar-refractivity contribution in [2.45, 2.75) is 37.8 Å². The predicted molar refractivity (Wildman–Crippen MR) is 69.9 cm³/mol. The maximum absolute atomic E-state index is 14.5. The van der Waals surface area contributed by atoms with E-state index >= 15 is 0 Å². The molecule has 2 nitrogen and oxygen atoms in total. The van der Waals surface area contributed by atoms with Gasteiger partial charge >= 0.3 is 0 Å². The number of hydrogen-bond donors (Lipinski definition) is 1. The molecule has 0 bridgehead atoms. The second-order valence-electron chi connectivity index (χ2n) is 5.44. The van der Waals surface area contributed by atoms with Gasteiger partial charge in [-0.1, -0.05) is 12.1 Å². The van der Waals surface area contributed by atoms with Crippen LogP contribution in [-0.4, -0.2) is 25.4 Å². The highest BCUT2D eigenvalue weighted by atomic mass is 19.1. The van der Waals surface area contributed by atoms with Gasteiger partial charge in [0.25, 0.3) is 0 Å². The number of halogens is 1. The Morgan fingerprint density at radius 1 is 1.28 bits per heavy atom. The van der Waals surface area contributed by atoms with Crippen molar-refractivity contribution in [2.75, 3.05) is 19.7 Å². The van der Waals surface area contributed by atoms with E-state index in [-0.39, 0.29) is 0 Å². The van der Waals surface area contributed by atoms with Crippen molar-refractivity contribution >= 4 is 0 Å². The summed E-state index contributed by atoms with van der Waals surface area (Å²) in [6, 6.07) is 6.30. The molecule has 18 heavy (non-hydrogen) atoms. The molecular formula is C15H20FNO. The molecule has 1 fully saturated rings. The monoisotopic (exact) mass is 249 g/mol. The third-order valence-corrected chi connectivity index (χ3v) is 4.12. The van der Waals surface area contributed by atoms with E-state index in [2.05, 4.69) is 17.4 Å². The van der Waals surface area contributed by atoms with Gasteiger partial charge in [0, 0.05) is 6.42 Å². The van der Waals surface area contributed by atoms with Crippen LogP contribution in [0.2, 0.25) is 0 Å². The van der Waals surface area contributed by atoms with Gasteiger partial charge in [0.1, 0.15) is 11.4 Å². The van der Waals surface area contributed by atoms with Gasteiger partial charge in [-0.2, -0.15) is 0 Å². The number of ether oxygens (including phenoxy) is 1. The Balaban J connectivity index is 1.62. The van der Waals surface area contributed by atoms with E-state index in [1.54, 1.807) is 0 Å². The Hall–Kier alpha value is -1.09. The van der Waals surface area contributed by atoms with E-state index in [1.165, 1.54) is 11.1 Å². The molecule has 0 amide bonds. The fraction of sp³-hybridized carbons (Fsp3) is 0.600. The topological polar surface area (TPSA) is 21.3 Å². The highest BCUT2D eigenvalue weighted by Gasteiger charge is 2.31. The van der Waals surface area contributed by atoms with Crippen molar-refractivity contribution in [1.29, 1.82) is 0 Å². The lowest BCUT2D eigenvalue weighted by Gasteiger charge is -2.30. The van der Waals surface area contributed by atoms with Gasteiger partial charge < -0.3 is 10.1 Å². The third kappa shape index (κ3) is 2.51. The first-order valence-corrected chi connectivity index (χ1v) is 6.89.